The highest BCUT2D eigenvalue weighted by atomic mass is 14.9. The first-order valence-electron chi connectivity index (χ1n) is 4.72. The molecule has 0 radical (unpaired) electrons. The third-order valence-corrected chi connectivity index (χ3v) is 1.92. The van der Waals surface area contributed by atoms with Gasteiger partial charge in [0.25, 0.3) is 0 Å². The molecule has 0 saturated heterocycles. The number of rotatable bonds is 4. The van der Waals surface area contributed by atoms with Gasteiger partial charge in [-0.1, -0.05) is 6.07 Å². The van der Waals surface area contributed by atoms with Crippen LogP contribution in [0.1, 0.15) is 18.9 Å². The van der Waals surface area contributed by atoms with Crippen LogP contribution < -0.4 is 11.1 Å². The van der Waals surface area contributed by atoms with Gasteiger partial charge in [0.05, 0.1) is 11.6 Å². The molecule has 1 aromatic rings. The van der Waals surface area contributed by atoms with Crippen molar-refractivity contribution in [1.82, 2.24) is 0 Å². The van der Waals surface area contributed by atoms with Crippen molar-refractivity contribution in [2.45, 2.75) is 19.4 Å². The molecule has 1 atom stereocenters. The molecule has 3 heteroatoms. The summed E-state index contributed by atoms with van der Waals surface area (Å²) in [6.45, 7) is 2.82. The normalized spacial score (nSPS) is 11.8. The number of hydrogen-bond acceptors (Lipinski definition) is 3. The summed E-state index contributed by atoms with van der Waals surface area (Å²) < 4.78 is 0. The summed E-state index contributed by atoms with van der Waals surface area (Å²) in [6, 6.07) is 9.75. The van der Waals surface area contributed by atoms with Crippen LogP contribution in [0.4, 0.5) is 5.69 Å². The van der Waals surface area contributed by atoms with Crippen LogP contribution in [0.2, 0.25) is 0 Å². The summed E-state index contributed by atoms with van der Waals surface area (Å²) in [6.07, 6.45) is 0.927. The molecule has 74 valence electrons. The Balaban J connectivity index is 2.47. The first-order chi connectivity index (χ1) is 6.72. The maximum atomic E-state index is 8.68. The second-order valence-corrected chi connectivity index (χ2v) is 3.39. The van der Waals surface area contributed by atoms with E-state index in [2.05, 4.69) is 11.4 Å². The fourth-order valence-corrected chi connectivity index (χ4v) is 1.14. The topological polar surface area (TPSA) is 61.8 Å². The fraction of sp³-hybridized carbons (Fsp3) is 0.364. The van der Waals surface area contributed by atoms with Gasteiger partial charge in [0.2, 0.25) is 0 Å². The van der Waals surface area contributed by atoms with Crippen LogP contribution >= 0.6 is 0 Å². The Morgan fingerprint density at radius 2 is 2.36 bits per heavy atom. The Labute approximate surface area is 84.5 Å². The molecule has 0 amide bonds. The van der Waals surface area contributed by atoms with Crippen molar-refractivity contribution in [2.75, 3.05) is 11.9 Å². The minimum atomic E-state index is 0.210. The summed E-state index contributed by atoms with van der Waals surface area (Å²) in [5, 5.41) is 11.9. The quantitative estimate of drug-likeness (QED) is 0.758. The van der Waals surface area contributed by atoms with E-state index < -0.39 is 0 Å². The van der Waals surface area contributed by atoms with Gasteiger partial charge in [-0.15, -0.1) is 0 Å². The number of nitriles is 1. The van der Waals surface area contributed by atoms with Crippen LogP contribution in [-0.2, 0) is 0 Å². The molecule has 0 spiro atoms. The van der Waals surface area contributed by atoms with Crippen LogP contribution in [0.3, 0.4) is 0 Å². The lowest BCUT2D eigenvalue weighted by molar-refractivity contribution is 0.690. The van der Waals surface area contributed by atoms with Gasteiger partial charge in [-0.2, -0.15) is 5.26 Å². The van der Waals surface area contributed by atoms with E-state index in [1.807, 2.05) is 25.1 Å². The standard InChI is InChI=1S/C11H15N3/c1-9(13)5-6-14-11-4-2-3-10(7-11)8-12/h2-4,7,9,14H,5-6,13H2,1H3. The molecule has 0 fully saturated rings. The lowest BCUT2D eigenvalue weighted by Crippen LogP contribution is -2.19. The van der Waals surface area contributed by atoms with E-state index in [9.17, 15) is 0 Å². The van der Waals surface area contributed by atoms with Gasteiger partial charge in [0.15, 0.2) is 0 Å². The number of nitrogens with two attached hydrogens (primary N) is 1. The van der Waals surface area contributed by atoms with E-state index in [-0.39, 0.29) is 6.04 Å². The third-order valence-electron chi connectivity index (χ3n) is 1.92. The predicted molar refractivity (Wildman–Crippen MR) is 57.9 cm³/mol. The second-order valence-electron chi connectivity index (χ2n) is 3.39. The van der Waals surface area contributed by atoms with Crippen LogP contribution in [0.25, 0.3) is 0 Å². The van der Waals surface area contributed by atoms with Crippen molar-refractivity contribution >= 4 is 5.69 Å². The van der Waals surface area contributed by atoms with Crippen molar-refractivity contribution in [3.05, 3.63) is 29.8 Å². The van der Waals surface area contributed by atoms with Crippen molar-refractivity contribution in [3.8, 4) is 6.07 Å². The Morgan fingerprint density at radius 3 is 3.00 bits per heavy atom. The maximum Gasteiger partial charge on any atom is 0.0992 e. The molecule has 0 bridgehead atoms. The molecule has 0 aliphatic rings. The SMILES string of the molecule is CC(N)CCNc1cccc(C#N)c1. The molecule has 0 aliphatic heterocycles. The van der Waals surface area contributed by atoms with Crippen LogP contribution in [0, 0.1) is 11.3 Å². The molecule has 1 unspecified atom stereocenters. The summed E-state index contributed by atoms with van der Waals surface area (Å²) >= 11 is 0. The molecule has 14 heavy (non-hydrogen) atoms. The predicted octanol–water partition coefficient (Wildman–Crippen LogP) is 1.71. The molecule has 0 heterocycles. The van der Waals surface area contributed by atoms with Gasteiger partial charge in [0, 0.05) is 18.3 Å². The number of nitrogens with zero attached hydrogens (tertiary/aromatic N) is 1. The summed E-state index contributed by atoms with van der Waals surface area (Å²) in [5.74, 6) is 0. The zero-order valence-electron chi connectivity index (χ0n) is 8.33. The molecular formula is C11H15N3. The van der Waals surface area contributed by atoms with Crippen molar-refractivity contribution in [2.24, 2.45) is 5.73 Å². The summed E-state index contributed by atoms with van der Waals surface area (Å²) in [7, 11) is 0. The lowest BCUT2D eigenvalue weighted by atomic mass is 10.2. The molecule has 0 saturated carbocycles. The van der Waals surface area contributed by atoms with Gasteiger partial charge in [-0.05, 0) is 31.5 Å². The van der Waals surface area contributed by atoms with E-state index in [0.29, 0.717) is 5.56 Å². The lowest BCUT2D eigenvalue weighted by Gasteiger charge is -2.08. The third kappa shape index (κ3) is 3.46. The van der Waals surface area contributed by atoms with Crippen molar-refractivity contribution < 1.29 is 0 Å². The van der Waals surface area contributed by atoms with Crippen LogP contribution in [-0.4, -0.2) is 12.6 Å². The highest BCUT2D eigenvalue weighted by molar-refractivity contribution is 5.48. The molecular weight excluding hydrogens is 174 g/mol. The van der Waals surface area contributed by atoms with E-state index in [1.165, 1.54) is 0 Å². The van der Waals surface area contributed by atoms with E-state index in [0.717, 1.165) is 18.7 Å². The van der Waals surface area contributed by atoms with Crippen molar-refractivity contribution in [1.29, 1.82) is 5.26 Å². The summed E-state index contributed by atoms with van der Waals surface area (Å²) in [5.41, 5.74) is 7.27. The number of benzene rings is 1. The molecule has 0 aromatic heterocycles. The zero-order chi connectivity index (χ0) is 10.4. The first kappa shape index (κ1) is 10.6. The molecule has 1 rings (SSSR count). The van der Waals surface area contributed by atoms with E-state index >= 15 is 0 Å². The smallest absolute Gasteiger partial charge is 0.0992 e. The average Bonchev–Trinajstić information content (AvgIpc) is 2.18. The Morgan fingerprint density at radius 1 is 1.57 bits per heavy atom. The zero-order valence-corrected chi connectivity index (χ0v) is 8.33. The van der Waals surface area contributed by atoms with Gasteiger partial charge in [-0.25, -0.2) is 0 Å². The van der Waals surface area contributed by atoms with Gasteiger partial charge < -0.3 is 11.1 Å². The number of nitrogens with one attached hydrogen (secondary N) is 1. The Kier molecular flexibility index (Phi) is 3.96. The van der Waals surface area contributed by atoms with E-state index in [4.69, 9.17) is 11.0 Å². The first-order valence-corrected chi connectivity index (χ1v) is 4.72. The fourth-order valence-electron chi connectivity index (χ4n) is 1.14. The minimum Gasteiger partial charge on any atom is -0.385 e. The van der Waals surface area contributed by atoms with Gasteiger partial charge in [-0.3, -0.25) is 0 Å². The molecule has 3 N–H and O–H groups in total. The highest BCUT2D eigenvalue weighted by Gasteiger charge is 1.96. The van der Waals surface area contributed by atoms with E-state index in [1.54, 1.807) is 6.07 Å². The molecule has 0 aliphatic carbocycles. The maximum absolute atomic E-state index is 8.68. The largest absolute Gasteiger partial charge is 0.385 e. The van der Waals surface area contributed by atoms with Crippen molar-refractivity contribution in [3.63, 3.8) is 0 Å². The minimum absolute atomic E-state index is 0.210. The van der Waals surface area contributed by atoms with Gasteiger partial charge in [0.1, 0.15) is 0 Å². The monoisotopic (exact) mass is 189 g/mol. The summed E-state index contributed by atoms with van der Waals surface area (Å²) in [4.78, 5) is 0. The average molecular weight is 189 g/mol. The Bertz CT molecular complexity index is 326. The Hall–Kier alpha value is -1.53. The molecule has 3 nitrogen and oxygen atoms in total. The highest BCUT2D eigenvalue weighted by Crippen LogP contribution is 2.09. The number of anilines is 1. The van der Waals surface area contributed by atoms with Gasteiger partial charge >= 0.3 is 0 Å². The number of hydrogen-bond donors (Lipinski definition) is 2. The second kappa shape index (κ2) is 5.25. The van der Waals surface area contributed by atoms with Crippen LogP contribution in [0.5, 0.6) is 0 Å². The van der Waals surface area contributed by atoms with Crippen LogP contribution in [0.15, 0.2) is 24.3 Å². The molecule has 1 aromatic carbocycles.